The first-order valence-electron chi connectivity index (χ1n) is 4.20. The van der Waals surface area contributed by atoms with Crippen LogP contribution in [-0.4, -0.2) is 11.7 Å². The van der Waals surface area contributed by atoms with Gasteiger partial charge in [-0.3, -0.25) is 0 Å². The molecule has 112 valence electrons. The Hall–Kier alpha value is -1.98. The van der Waals surface area contributed by atoms with Crippen LogP contribution < -0.4 is 0 Å². The van der Waals surface area contributed by atoms with Crippen molar-refractivity contribution in [2.75, 3.05) is 7.11 Å². The topological polar surface area (TPSA) is 129 Å². The predicted molar refractivity (Wildman–Crippen MR) is 61.1 cm³/mol. The quantitative estimate of drug-likeness (QED) is 0.580. The Labute approximate surface area is 136 Å². The van der Waals surface area contributed by atoms with Gasteiger partial charge in [-0.05, 0) is 0 Å². The van der Waals surface area contributed by atoms with Gasteiger partial charge < -0.3 is 0 Å². The molecule has 0 aliphatic heterocycles. The molecule has 0 bridgehead atoms. The van der Waals surface area contributed by atoms with Gasteiger partial charge in [0.25, 0.3) is 0 Å². The minimum atomic E-state index is 0.834. The number of benzene rings is 1. The summed E-state index contributed by atoms with van der Waals surface area (Å²) in [6.07, 6.45) is 0. The molecule has 22 heavy (non-hydrogen) atoms. The molecule has 0 radical (unpaired) electrons. The zero-order valence-electron chi connectivity index (χ0n) is 11.2. The fourth-order valence-corrected chi connectivity index (χ4v) is 0.905. The van der Waals surface area contributed by atoms with Crippen LogP contribution in [0, 0.1) is 39.9 Å². The maximum atomic E-state index is 7.50. The fraction of sp³-hybridized carbons (Fsp3) is 0.0714. The zero-order chi connectivity index (χ0) is 19.4. The number of rotatable bonds is 2. The van der Waals surface area contributed by atoms with E-state index in [-0.39, 0.29) is 0 Å². The van der Waals surface area contributed by atoms with Gasteiger partial charge in [-0.15, -0.1) is 0 Å². The first-order valence-corrected chi connectivity index (χ1v) is 4.84. The van der Waals surface area contributed by atoms with Crippen LogP contribution in [0.5, 0.6) is 0 Å². The van der Waals surface area contributed by atoms with Crippen LogP contribution in [0.25, 0.3) is 0 Å². The fourth-order valence-electron chi connectivity index (χ4n) is 0.692. The Kier molecular flexibility index (Phi) is 103. The molecule has 1 aromatic carbocycles. The second-order valence-electron chi connectivity index (χ2n) is 1.86. The van der Waals surface area contributed by atoms with Gasteiger partial charge in [0.2, 0.25) is 0 Å². The van der Waals surface area contributed by atoms with E-state index in [0.717, 1.165) is 10.1 Å². The van der Waals surface area contributed by atoms with E-state index in [1.165, 1.54) is 0 Å². The summed E-state index contributed by atoms with van der Waals surface area (Å²) >= 11 is 2.84. The summed E-state index contributed by atoms with van der Waals surface area (Å²) in [4.78, 5) is 0. The molecule has 0 fully saturated rings. The molecular weight excluding hydrogens is 332 g/mol. The molecule has 0 aliphatic carbocycles. The molecule has 1 aromatic rings. The Morgan fingerprint density at radius 1 is 0.727 bits per heavy atom. The van der Waals surface area contributed by atoms with Crippen LogP contribution in [0.15, 0.2) is 30.3 Å². The number of hydrogen-bond acceptors (Lipinski definition) is 1. The maximum absolute atomic E-state index is 7.50. The molecule has 7 nitrogen and oxygen atoms in total. The van der Waals surface area contributed by atoms with E-state index in [0.29, 0.717) is 0 Å². The molecule has 0 aliphatic rings. The SMILES string of the molecule is CO[C](=[Cr])c1ccccc1.[C-]#[O+].[C-]#[O+].[C-]#[O+].[C-]#[O+].[C-]#[O+].[C-]#[O+]. The van der Waals surface area contributed by atoms with Crippen LogP contribution in [0.4, 0.5) is 0 Å². The van der Waals surface area contributed by atoms with Gasteiger partial charge in [-0.1, -0.05) is 0 Å². The molecule has 8 heteroatoms. The van der Waals surface area contributed by atoms with Crippen molar-refractivity contribution in [3.63, 3.8) is 0 Å². The molecule has 0 atom stereocenters. The summed E-state index contributed by atoms with van der Waals surface area (Å²) in [5.74, 6) is 0. The standard InChI is InChI=1S/C8H8O.6CO.Cr/c1-9-7-8-5-3-2-4-6-8;6*1-2;/h2-6H,1H3;;;;;;;. The van der Waals surface area contributed by atoms with E-state index in [2.05, 4.69) is 55.8 Å². The average molecular weight is 340 g/mol. The van der Waals surface area contributed by atoms with E-state index >= 15 is 0 Å². The number of ether oxygens (including phenoxy) is 1. The average Bonchev–Trinajstić information content (AvgIpc) is 2.71. The first-order chi connectivity index (χ1) is 10.8. The van der Waals surface area contributed by atoms with Crippen molar-refractivity contribution in [1.82, 2.24) is 0 Å². The van der Waals surface area contributed by atoms with E-state index in [4.69, 9.17) is 32.6 Å². The predicted octanol–water partition coefficient (Wildman–Crippen LogP) is 1.13. The van der Waals surface area contributed by atoms with Crippen LogP contribution in [-0.2, 0) is 48.5 Å². The van der Waals surface area contributed by atoms with Gasteiger partial charge in [0.05, 0.1) is 0 Å². The van der Waals surface area contributed by atoms with Gasteiger partial charge in [-0.2, -0.15) is 0 Å². The molecule has 0 heterocycles. The number of hydrogen-bond donors (Lipinski definition) is 0. The molecule has 0 saturated heterocycles. The summed E-state index contributed by atoms with van der Waals surface area (Å²) in [6, 6.07) is 9.93. The molecule has 0 amide bonds. The normalized spacial score (nSPS) is 4.77. The van der Waals surface area contributed by atoms with Crippen molar-refractivity contribution in [1.29, 1.82) is 0 Å². The second kappa shape index (κ2) is 61.5. The molecule has 0 unspecified atom stereocenters. The van der Waals surface area contributed by atoms with Gasteiger partial charge in [0.15, 0.2) is 0 Å². The Morgan fingerprint density at radius 3 is 1.23 bits per heavy atom. The Morgan fingerprint density at radius 2 is 1.00 bits per heavy atom. The van der Waals surface area contributed by atoms with Crippen LogP contribution in [0.3, 0.4) is 0 Å². The van der Waals surface area contributed by atoms with E-state index < -0.39 is 0 Å². The monoisotopic (exact) mass is 340 g/mol. The summed E-state index contributed by atoms with van der Waals surface area (Å²) < 4.78 is 50.8. The first kappa shape index (κ1) is 36.8. The van der Waals surface area contributed by atoms with Crippen molar-refractivity contribution in [3.05, 3.63) is 75.8 Å². The minimum absolute atomic E-state index is 0.834. The molecule has 0 spiro atoms. The summed E-state index contributed by atoms with van der Waals surface area (Å²) in [6.45, 7) is 27.0. The van der Waals surface area contributed by atoms with E-state index in [9.17, 15) is 0 Å². The van der Waals surface area contributed by atoms with Crippen molar-refractivity contribution in [2.45, 2.75) is 0 Å². The van der Waals surface area contributed by atoms with Crippen molar-refractivity contribution < 1.29 is 48.5 Å². The molecule has 0 aromatic heterocycles. The third kappa shape index (κ3) is 36.1. The van der Waals surface area contributed by atoms with Gasteiger partial charge in [0, 0.05) is 0 Å². The van der Waals surface area contributed by atoms with Crippen LogP contribution in [0.1, 0.15) is 5.56 Å². The third-order valence-electron chi connectivity index (χ3n) is 1.19. The third-order valence-corrected chi connectivity index (χ3v) is 1.82. The van der Waals surface area contributed by atoms with Gasteiger partial charge >= 0.3 is 136 Å². The van der Waals surface area contributed by atoms with Crippen LogP contribution >= 0.6 is 0 Å². The summed E-state index contributed by atoms with van der Waals surface area (Å²) in [7, 11) is 1.65. The molecule has 1 rings (SSSR count). The summed E-state index contributed by atoms with van der Waals surface area (Å²) in [5.41, 5.74) is 1.09. The Bertz CT molecular complexity index is 394. The molecule has 0 N–H and O–H groups in total. The van der Waals surface area contributed by atoms with Crippen molar-refractivity contribution in [2.24, 2.45) is 0 Å². The second-order valence-corrected chi connectivity index (χ2v) is 2.44. The Balaban J connectivity index is -0.0000000453. The van der Waals surface area contributed by atoms with Gasteiger partial charge in [0.1, 0.15) is 0 Å². The summed E-state index contributed by atoms with van der Waals surface area (Å²) in [5, 5.41) is 0. The zero-order valence-corrected chi connectivity index (χ0v) is 12.4. The molecular formula is C14H8CrO7. The van der Waals surface area contributed by atoms with Crippen molar-refractivity contribution in [3.8, 4) is 0 Å². The van der Waals surface area contributed by atoms with Gasteiger partial charge in [-0.25, -0.2) is 0 Å². The number of methoxy groups -OCH3 is 1. The van der Waals surface area contributed by atoms with Crippen molar-refractivity contribution >= 4 is 4.57 Å². The molecule has 0 saturated carbocycles. The van der Waals surface area contributed by atoms with E-state index in [1.807, 2.05) is 30.3 Å². The van der Waals surface area contributed by atoms with Crippen LogP contribution in [0.2, 0.25) is 0 Å². The van der Waals surface area contributed by atoms with E-state index in [1.54, 1.807) is 7.11 Å².